The first-order chi connectivity index (χ1) is 18.3. The van der Waals surface area contributed by atoms with Crippen LogP contribution in [-0.2, 0) is 0 Å². The van der Waals surface area contributed by atoms with E-state index in [1.807, 2.05) is 0 Å². The third-order valence-electron chi connectivity index (χ3n) is 7.75. The van der Waals surface area contributed by atoms with E-state index >= 15 is 0 Å². The molecular formula is C36H49N3. The Morgan fingerprint density at radius 1 is 0.590 bits per heavy atom. The highest BCUT2D eigenvalue weighted by atomic mass is 15.1. The van der Waals surface area contributed by atoms with Crippen molar-refractivity contribution < 1.29 is 9.15 Å². The lowest BCUT2D eigenvalue weighted by molar-refractivity contribution is -0.410. The molecule has 0 aliphatic rings. The minimum atomic E-state index is 0.392. The molecule has 0 spiro atoms. The molecule has 3 aromatic rings. The van der Waals surface area contributed by atoms with Gasteiger partial charge in [-0.3, -0.25) is 14.1 Å². The fraction of sp³-hybridized carbons (Fsp3) is 0.417. The number of nitrogens with zero attached hydrogens (tertiary/aromatic N) is 3. The van der Waals surface area contributed by atoms with Crippen molar-refractivity contribution in [3.05, 3.63) is 99.8 Å². The molecule has 1 heterocycles. The highest BCUT2D eigenvalue weighted by Gasteiger charge is 2.25. The summed E-state index contributed by atoms with van der Waals surface area (Å²) in [5.74, 6) is 1.57. The van der Waals surface area contributed by atoms with E-state index in [1.54, 1.807) is 0 Å². The highest BCUT2D eigenvalue weighted by Crippen LogP contribution is 2.39. The summed E-state index contributed by atoms with van der Waals surface area (Å²) in [6, 6.07) is 19.6. The molecule has 0 unspecified atom stereocenters. The summed E-state index contributed by atoms with van der Waals surface area (Å²) >= 11 is 0. The van der Waals surface area contributed by atoms with Crippen LogP contribution in [0.3, 0.4) is 0 Å². The lowest BCUT2D eigenvalue weighted by Gasteiger charge is -2.27. The number of benzene rings is 2. The number of pyridine rings is 1. The average Bonchev–Trinajstić information content (AvgIpc) is 2.89. The van der Waals surface area contributed by atoms with Crippen molar-refractivity contribution in [2.75, 3.05) is 0 Å². The summed E-state index contributed by atoms with van der Waals surface area (Å²) in [7, 11) is 0. The SMILES string of the molecule is C=[N+](c1c(C(C)C)cccc1C(C)C)[C-](C)c1cc(C)cc([C-](C)[N+](=C)c2c(C(C)C)cccc2C(C)C)n1. The molecule has 0 saturated heterocycles. The van der Waals surface area contributed by atoms with Crippen LogP contribution in [0, 0.1) is 19.0 Å². The molecule has 208 valence electrons. The Bertz CT molecular complexity index is 1190. The summed E-state index contributed by atoms with van der Waals surface area (Å²) in [4.78, 5) is 5.19. The lowest BCUT2D eigenvalue weighted by Crippen LogP contribution is -2.19. The van der Waals surface area contributed by atoms with Crippen LogP contribution in [0.25, 0.3) is 0 Å². The van der Waals surface area contributed by atoms with Gasteiger partial charge >= 0.3 is 0 Å². The van der Waals surface area contributed by atoms with Crippen LogP contribution in [0.4, 0.5) is 11.4 Å². The molecule has 0 N–H and O–H groups in total. The predicted molar refractivity (Wildman–Crippen MR) is 168 cm³/mol. The number of aromatic nitrogens is 1. The van der Waals surface area contributed by atoms with Crippen molar-refractivity contribution in [3.8, 4) is 0 Å². The van der Waals surface area contributed by atoms with E-state index in [1.165, 1.54) is 33.6 Å². The Morgan fingerprint density at radius 3 is 1.13 bits per heavy atom. The number of aryl methyl sites for hydroxylation is 1. The van der Waals surface area contributed by atoms with E-state index in [0.717, 1.165) is 29.0 Å². The Balaban J connectivity index is 2.08. The van der Waals surface area contributed by atoms with Gasteiger partial charge in [0, 0.05) is 11.4 Å². The highest BCUT2D eigenvalue weighted by molar-refractivity contribution is 5.55. The molecule has 3 rings (SSSR count). The van der Waals surface area contributed by atoms with Crippen molar-refractivity contribution in [1.29, 1.82) is 0 Å². The molecule has 0 fully saturated rings. The number of hydrogen-bond acceptors (Lipinski definition) is 1. The largest absolute Gasteiger partial charge is 0.290 e. The molecule has 0 aliphatic carbocycles. The van der Waals surface area contributed by atoms with E-state index in [0.29, 0.717) is 23.7 Å². The molecule has 2 aromatic carbocycles. The van der Waals surface area contributed by atoms with E-state index < -0.39 is 0 Å². The van der Waals surface area contributed by atoms with Gasteiger partial charge in [-0.05, 0) is 59.8 Å². The minimum Gasteiger partial charge on any atom is -0.290 e. The van der Waals surface area contributed by atoms with Gasteiger partial charge in [0.1, 0.15) is 23.5 Å². The Kier molecular flexibility index (Phi) is 9.48. The van der Waals surface area contributed by atoms with E-state index in [4.69, 9.17) is 4.98 Å². The fourth-order valence-corrected chi connectivity index (χ4v) is 5.30. The summed E-state index contributed by atoms with van der Waals surface area (Å²) in [5.41, 5.74) is 10.6. The van der Waals surface area contributed by atoms with E-state index in [2.05, 4.69) is 147 Å². The van der Waals surface area contributed by atoms with Crippen LogP contribution < -0.4 is 0 Å². The van der Waals surface area contributed by atoms with Crippen molar-refractivity contribution >= 4 is 24.8 Å². The maximum atomic E-state index is 5.19. The van der Waals surface area contributed by atoms with Crippen molar-refractivity contribution in [3.63, 3.8) is 0 Å². The number of rotatable bonds is 10. The van der Waals surface area contributed by atoms with Gasteiger partial charge in [0.05, 0.1) is 13.4 Å². The van der Waals surface area contributed by atoms with Gasteiger partial charge in [-0.2, -0.15) is 0 Å². The monoisotopic (exact) mass is 523 g/mol. The first-order valence-corrected chi connectivity index (χ1v) is 14.4. The predicted octanol–water partition coefficient (Wildman–Crippen LogP) is 9.77. The second kappa shape index (κ2) is 12.2. The Labute approximate surface area is 238 Å². The Hall–Kier alpha value is -3.33. The molecule has 0 aliphatic heterocycles. The molecule has 0 bridgehead atoms. The zero-order valence-electron chi connectivity index (χ0n) is 26.2. The Morgan fingerprint density at radius 2 is 0.872 bits per heavy atom. The van der Waals surface area contributed by atoms with Crippen LogP contribution in [-0.4, -0.2) is 27.6 Å². The molecule has 0 radical (unpaired) electrons. The van der Waals surface area contributed by atoms with Crippen LogP contribution >= 0.6 is 0 Å². The van der Waals surface area contributed by atoms with Crippen molar-refractivity contribution in [1.82, 2.24) is 4.98 Å². The standard InChI is InChI=1S/C36H49N3/c1-22(2)29-16-14-17-30(23(3)4)35(29)38(12)27(10)33-20-26(9)21-34(37-33)28(11)39(13)36-31(24(5)6)18-15-19-32(36)25(7)8/h14-25H,12-13H2,1-11H3. The molecule has 0 saturated carbocycles. The molecule has 39 heavy (non-hydrogen) atoms. The number of hydrogen-bond donors (Lipinski definition) is 0. The number of para-hydroxylation sites is 2. The van der Waals surface area contributed by atoms with E-state index in [9.17, 15) is 0 Å². The van der Waals surface area contributed by atoms with Crippen molar-refractivity contribution in [2.45, 2.75) is 99.8 Å². The summed E-state index contributed by atoms with van der Waals surface area (Å²) in [6.07, 6.45) is 0. The van der Waals surface area contributed by atoms with Crippen molar-refractivity contribution in [2.24, 2.45) is 0 Å². The van der Waals surface area contributed by atoms with Gasteiger partial charge in [0.25, 0.3) is 0 Å². The van der Waals surface area contributed by atoms with Gasteiger partial charge in [-0.25, -0.2) is 0 Å². The van der Waals surface area contributed by atoms with Crippen LogP contribution in [0.15, 0.2) is 48.5 Å². The summed E-state index contributed by atoms with van der Waals surface area (Å²) in [6.45, 7) is 33.5. The van der Waals surface area contributed by atoms with Crippen LogP contribution in [0.2, 0.25) is 0 Å². The first kappa shape index (κ1) is 30.2. The van der Waals surface area contributed by atoms with Crippen LogP contribution in [0.5, 0.6) is 0 Å². The first-order valence-electron chi connectivity index (χ1n) is 14.4. The van der Waals surface area contributed by atoms with Gasteiger partial charge in [0.15, 0.2) is 0 Å². The zero-order valence-corrected chi connectivity index (χ0v) is 26.2. The second-order valence-corrected chi connectivity index (χ2v) is 12.1. The smallest absolute Gasteiger partial charge is 0.139 e. The molecule has 1 aromatic heterocycles. The average molecular weight is 524 g/mol. The molecule has 0 amide bonds. The molecular weight excluding hydrogens is 474 g/mol. The summed E-state index contributed by atoms with van der Waals surface area (Å²) < 4.78 is 4.19. The van der Waals surface area contributed by atoms with Gasteiger partial charge in [0.2, 0.25) is 0 Å². The topological polar surface area (TPSA) is 18.9 Å². The third-order valence-corrected chi connectivity index (χ3v) is 7.75. The van der Waals surface area contributed by atoms with Gasteiger partial charge < -0.3 is 0 Å². The molecule has 3 nitrogen and oxygen atoms in total. The molecule has 3 heteroatoms. The summed E-state index contributed by atoms with van der Waals surface area (Å²) in [5, 5.41) is 0. The third kappa shape index (κ3) is 6.30. The zero-order chi connectivity index (χ0) is 29.2. The maximum absolute atomic E-state index is 5.19. The lowest BCUT2D eigenvalue weighted by atomic mass is 9.91. The minimum absolute atomic E-state index is 0.392. The van der Waals surface area contributed by atoms with Gasteiger partial charge in [-0.15, -0.1) is 17.7 Å². The quantitative estimate of drug-likeness (QED) is 0.147. The van der Waals surface area contributed by atoms with E-state index in [-0.39, 0.29) is 0 Å². The van der Waals surface area contributed by atoms with Gasteiger partial charge in [-0.1, -0.05) is 98.7 Å². The normalized spacial score (nSPS) is 11.6. The van der Waals surface area contributed by atoms with Crippen LogP contribution in [0.1, 0.15) is 132 Å². The molecule has 0 atom stereocenters. The second-order valence-electron chi connectivity index (χ2n) is 12.1. The fourth-order valence-electron chi connectivity index (χ4n) is 5.30. The maximum Gasteiger partial charge on any atom is 0.139 e.